The Morgan fingerprint density at radius 1 is 1.35 bits per heavy atom. The van der Waals surface area contributed by atoms with Gasteiger partial charge in [0.1, 0.15) is 5.54 Å². The van der Waals surface area contributed by atoms with E-state index in [2.05, 4.69) is 27.9 Å². The van der Waals surface area contributed by atoms with Crippen molar-refractivity contribution in [3.05, 3.63) is 32.9 Å². The molecule has 0 saturated carbocycles. The van der Waals surface area contributed by atoms with Crippen LogP contribution >= 0.6 is 22.6 Å². The lowest BCUT2D eigenvalue weighted by Crippen LogP contribution is -2.49. The first-order valence-electron chi connectivity index (χ1n) is 5.06. The molecule has 0 fully saturated rings. The summed E-state index contributed by atoms with van der Waals surface area (Å²) in [7, 11) is 0. The number of benzene rings is 1. The van der Waals surface area contributed by atoms with E-state index in [1.807, 2.05) is 13.0 Å². The van der Waals surface area contributed by atoms with Crippen molar-refractivity contribution >= 4 is 34.5 Å². The van der Waals surface area contributed by atoms with Crippen LogP contribution in [-0.4, -0.2) is 22.5 Å². The number of halogens is 1. The number of amides is 1. The molecule has 0 bridgehead atoms. The third kappa shape index (κ3) is 3.18. The number of hydrogen-bond donors (Lipinski definition) is 2. The van der Waals surface area contributed by atoms with Crippen LogP contribution in [0.25, 0.3) is 0 Å². The summed E-state index contributed by atoms with van der Waals surface area (Å²) in [6, 6.07) is 5.36. The van der Waals surface area contributed by atoms with Crippen molar-refractivity contribution in [2.75, 3.05) is 0 Å². The van der Waals surface area contributed by atoms with Gasteiger partial charge < -0.3 is 10.4 Å². The minimum Gasteiger partial charge on any atom is -0.480 e. The predicted molar refractivity (Wildman–Crippen MR) is 73.1 cm³/mol. The quantitative estimate of drug-likeness (QED) is 0.824. The summed E-state index contributed by atoms with van der Waals surface area (Å²) in [6.07, 6.45) is 0. The lowest BCUT2D eigenvalue weighted by Gasteiger charge is -2.21. The van der Waals surface area contributed by atoms with Crippen LogP contribution in [0.2, 0.25) is 0 Å². The van der Waals surface area contributed by atoms with Gasteiger partial charge in [0, 0.05) is 3.57 Å². The fourth-order valence-corrected chi connectivity index (χ4v) is 1.83. The average Bonchev–Trinajstić information content (AvgIpc) is 2.21. The van der Waals surface area contributed by atoms with E-state index in [9.17, 15) is 9.59 Å². The molecule has 0 atom stereocenters. The maximum atomic E-state index is 12.0. The summed E-state index contributed by atoms with van der Waals surface area (Å²) >= 11 is 2.08. The molecule has 0 aliphatic heterocycles. The van der Waals surface area contributed by atoms with E-state index < -0.39 is 11.5 Å². The maximum Gasteiger partial charge on any atom is 0.328 e. The van der Waals surface area contributed by atoms with Gasteiger partial charge in [0.2, 0.25) is 0 Å². The highest BCUT2D eigenvalue weighted by molar-refractivity contribution is 14.1. The molecule has 0 aliphatic carbocycles. The van der Waals surface area contributed by atoms with Crippen LogP contribution in [0.15, 0.2) is 18.2 Å². The first kappa shape index (κ1) is 14.0. The molecule has 17 heavy (non-hydrogen) atoms. The van der Waals surface area contributed by atoms with Crippen molar-refractivity contribution in [2.45, 2.75) is 26.3 Å². The third-order valence-corrected chi connectivity index (χ3v) is 3.83. The molecule has 0 unspecified atom stereocenters. The number of aryl methyl sites for hydroxylation is 1. The van der Waals surface area contributed by atoms with E-state index in [-0.39, 0.29) is 5.91 Å². The SMILES string of the molecule is Cc1cccc(C(=O)NC(C)(C)C(=O)O)c1I. The van der Waals surface area contributed by atoms with Crippen LogP contribution < -0.4 is 5.32 Å². The number of carbonyl (C=O) groups is 2. The van der Waals surface area contributed by atoms with Gasteiger partial charge in [0.25, 0.3) is 5.91 Å². The molecule has 4 nitrogen and oxygen atoms in total. The number of hydrogen-bond acceptors (Lipinski definition) is 2. The lowest BCUT2D eigenvalue weighted by atomic mass is 10.0. The molecule has 1 aromatic carbocycles. The number of carboxylic acid groups (broad SMARTS) is 1. The molecule has 1 rings (SSSR count). The van der Waals surface area contributed by atoms with Crippen LogP contribution in [0.1, 0.15) is 29.8 Å². The zero-order valence-corrected chi connectivity index (χ0v) is 12.0. The number of carboxylic acids is 1. The summed E-state index contributed by atoms with van der Waals surface area (Å²) in [6.45, 7) is 4.81. The lowest BCUT2D eigenvalue weighted by molar-refractivity contribution is -0.143. The molecule has 0 saturated heterocycles. The van der Waals surface area contributed by atoms with Crippen molar-refractivity contribution in [3.8, 4) is 0 Å². The van der Waals surface area contributed by atoms with Crippen molar-refractivity contribution in [3.63, 3.8) is 0 Å². The minimum absolute atomic E-state index is 0.370. The number of rotatable bonds is 3. The Balaban J connectivity index is 2.99. The van der Waals surface area contributed by atoms with Gasteiger partial charge in [-0.15, -0.1) is 0 Å². The molecule has 5 heteroatoms. The first-order valence-corrected chi connectivity index (χ1v) is 6.14. The third-order valence-electron chi connectivity index (χ3n) is 2.40. The summed E-state index contributed by atoms with van der Waals surface area (Å²) in [5, 5.41) is 11.4. The number of aliphatic carboxylic acids is 1. The zero-order chi connectivity index (χ0) is 13.2. The first-order chi connectivity index (χ1) is 7.75. The largest absolute Gasteiger partial charge is 0.480 e. The molecule has 0 aromatic heterocycles. The van der Waals surface area contributed by atoms with E-state index in [0.29, 0.717) is 5.56 Å². The van der Waals surface area contributed by atoms with Crippen molar-refractivity contribution in [1.82, 2.24) is 5.32 Å². The van der Waals surface area contributed by atoms with Gasteiger partial charge in [-0.05, 0) is 55.0 Å². The summed E-state index contributed by atoms with van der Waals surface area (Å²) in [4.78, 5) is 22.9. The smallest absolute Gasteiger partial charge is 0.328 e. The van der Waals surface area contributed by atoms with Crippen LogP contribution in [0.3, 0.4) is 0 Å². The Bertz CT molecular complexity index is 469. The van der Waals surface area contributed by atoms with E-state index in [1.165, 1.54) is 13.8 Å². The van der Waals surface area contributed by atoms with Gasteiger partial charge in [0.05, 0.1) is 5.56 Å². The Labute approximate surface area is 114 Å². The van der Waals surface area contributed by atoms with Gasteiger partial charge in [-0.2, -0.15) is 0 Å². The van der Waals surface area contributed by atoms with E-state index in [4.69, 9.17) is 5.11 Å². The average molecular weight is 347 g/mol. The topological polar surface area (TPSA) is 66.4 Å². The molecule has 0 aliphatic rings. The summed E-state index contributed by atoms with van der Waals surface area (Å²) in [5.41, 5.74) is 0.218. The molecule has 2 N–H and O–H groups in total. The molecular formula is C12H14INO3. The molecule has 1 aromatic rings. The van der Waals surface area contributed by atoms with Gasteiger partial charge in [-0.25, -0.2) is 4.79 Å². The normalized spacial score (nSPS) is 11.1. The van der Waals surface area contributed by atoms with E-state index in [0.717, 1.165) is 9.13 Å². The highest BCUT2D eigenvalue weighted by Crippen LogP contribution is 2.17. The fourth-order valence-electron chi connectivity index (χ4n) is 1.23. The second-order valence-corrected chi connectivity index (χ2v) is 5.40. The minimum atomic E-state index is -1.27. The van der Waals surface area contributed by atoms with Gasteiger partial charge in [0.15, 0.2) is 0 Å². The van der Waals surface area contributed by atoms with Gasteiger partial charge in [-0.3, -0.25) is 4.79 Å². The maximum absolute atomic E-state index is 12.0. The van der Waals surface area contributed by atoms with E-state index >= 15 is 0 Å². The predicted octanol–water partition coefficient (Wildman–Crippen LogP) is 2.19. The fraction of sp³-hybridized carbons (Fsp3) is 0.333. The number of nitrogens with one attached hydrogen (secondary N) is 1. The van der Waals surface area contributed by atoms with Crippen LogP contribution in [0, 0.1) is 10.5 Å². The van der Waals surface area contributed by atoms with Crippen LogP contribution in [0.4, 0.5) is 0 Å². The van der Waals surface area contributed by atoms with Crippen molar-refractivity contribution in [1.29, 1.82) is 0 Å². The van der Waals surface area contributed by atoms with Crippen molar-refractivity contribution in [2.24, 2.45) is 0 Å². The summed E-state index contributed by atoms with van der Waals surface area (Å²) in [5.74, 6) is -1.43. The summed E-state index contributed by atoms with van der Waals surface area (Å²) < 4.78 is 0.837. The Hall–Kier alpha value is -1.11. The van der Waals surface area contributed by atoms with Gasteiger partial charge in [-0.1, -0.05) is 12.1 Å². The Kier molecular flexibility index (Phi) is 4.13. The molecule has 1 amide bonds. The Morgan fingerprint density at radius 3 is 2.47 bits per heavy atom. The van der Waals surface area contributed by atoms with Gasteiger partial charge >= 0.3 is 5.97 Å². The van der Waals surface area contributed by atoms with E-state index in [1.54, 1.807) is 12.1 Å². The molecule has 92 valence electrons. The zero-order valence-electron chi connectivity index (χ0n) is 9.87. The Morgan fingerprint density at radius 2 is 1.94 bits per heavy atom. The number of carbonyl (C=O) groups excluding carboxylic acids is 1. The highest BCUT2D eigenvalue weighted by atomic mass is 127. The highest BCUT2D eigenvalue weighted by Gasteiger charge is 2.29. The molecule has 0 spiro atoms. The second kappa shape index (κ2) is 5.03. The van der Waals surface area contributed by atoms with Crippen molar-refractivity contribution < 1.29 is 14.7 Å². The standard InChI is InChI=1S/C12H14INO3/c1-7-5-4-6-8(9(7)13)10(15)14-12(2,3)11(16)17/h4-6H,1-3H3,(H,14,15)(H,16,17). The van der Waals surface area contributed by atoms with Crippen LogP contribution in [0.5, 0.6) is 0 Å². The van der Waals surface area contributed by atoms with Crippen LogP contribution in [-0.2, 0) is 4.79 Å². The molecule has 0 radical (unpaired) electrons. The molecular weight excluding hydrogens is 333 g/mol. The monoisotopic (exact) mass is 347 g/mol. The second-order valence-electron chi connectivity index (χ2n) is 4.32. The molecule has 0 heterocycles.